The van der Waals surface area contributed by atoms with Crippen LogP contribution in [0.5, 0.6) is 0 Å². The first kappa shape index (κ1) is 7.95. The summed E-state index contributed by atoms with van der Waals surface area (Å²) in [5.74, 6) is 0.821. The van der Waals surface area contributed by atoms with Crippen molar-refractivity contribution in [3.63, 3.8) is 0 Å². The minimum atomic E-state index is 0.528. The average Bonchev–Trinajstić information content (AvgIpc) is 1.97. The summed E-state index contributed by atoms with van der Waals surface area (Å²) in [4.78, 5) is 10.5. The lowest BCUT2D eigenvalue weighted by molar-refractivity contribution is 0.168. The first-order chi connectivity index (χ1) is 5.84. The summed E-state index contributed by atoms with van der Waals surface area (Å²) >= 11 is 5.72. The van der Waals surface area contributed by atoms with Gasteiger partial charge in [0.05, 0.1) is 6.54 Å². The lowest BCUT2D eigenvalue weighted by Gasteiger charge is -2.29. The monoisotopic (exact) mass is 183 g/mol. The molecule has 1 aliphatic heterocycles. The second-order valence-electron chi connectivity index (χ2n) is 2.93. The van der Waals surface area contributed by atoms with Crippen molar-refractivity contribution in [2.45, 2.75) is 13.0 Å². The zero-order valence-electron chi connectivity index (χ0n) is 6.70. The molecule has 64 valence electrons. The minimum absolute atomic E-state index is 0.528. The first-order valence-corrected chi connectivity index (χ1v) is 4.42. The molecule has 2 rings (SSSR count). The van der Waals surface area contributed by atoms with Gasteiger partial charge in [0.2, 0.25) is 0 Å². The van der Waals surface area contributed by atoms with Gasteiger partial charge in [0, 0.05) is 6.20 Å². The topological polar surface area (TPSA) is 29.0 Å². The van der Waals surface area contributed by atoms with E-state index in [1.54, 1.807) is 12.3 Å². The second-order valence-corrected chi connectivity index (χ2v) is 3.31. The number of halogens is 1. The van der Waals surface area contributed by atoms with Gasteiger partial charge < -0.3 is 0 Å². The Morgan fingerprint density at radius 2 is 2.33 bits per heavy atom. The lowest BCUT2D eigenvalue weighted by Crippen LogP contribution is -2.36. The maximum absolute atomic E-state index is 5.72. The van der Waals surface area contributed by atoms with E-state index in [2.05, 4.69) is 14.9 Å². The molecular formula is C8H10ClN3. The molecule has 1 aromatic heterocycles. The van der Waals surface area contributed by atoms with E-state index in [-0.39, 0.29) is 0 Å². The van der Waals surface area contributed by atoms with Gasteiger partial charge >= 0.3 is 0 Å². The molecule has 2 heterocycles. The quantitative estimate of drug-likeness (QED) is 0.648. The summed E-state index contributed by atoms with van der Waals surface area (Å²) in [6.45, 7) is 3.16. The predicted molar refractivity (Wildman–Crippen MR) is 46.9 cm³/mol. The van der Waals surface area contributed by atoms with Crippen LogP contribution in [0.15, 0.2) is 12.3 Å². The van der Waals surface area contributed by atoms with E-state index in [0.717, 1.165) is 25.5 Å². The van der Waals surface area contributed by atoms with Gasteiger partial charge in [-0.2, -0.15) is 0 Å². The molecule has 3 nitrogen and oxygen atoms in total. The van der Waals surface area contributed by atoms with Gasteiger partial charge in [-0.1, -0.05) is 11.6 Å². The van der Waals surface area contributed by atoms with Crippen LogP contribution in [0.25, 0.3) is 0 Å². The number of nitrogens with zero attached hydrogens (tertiary/aromatic N) is 3. The fraction of sp³-hybridized carbons (Fsp3) is 0.500. The standard InChI is InChI=1S/C8H10ClN3/c9-7-2-3-10-8(11-7)6-12-4-1-5-12/h2-3H,1,4-6H2. The predicted octanol–water partition coefficient (Wildman–Crippen LogP) is 1.34. The number of hydrogen-bond donors (Lipinski definition) is 0. The molecule has 0 aliphatic carbocycles. The van der Waals surface area contributed by atoms with E-state index in [9.17, 15) is 0 Å². The normalized spacial score (nSPS) is 17.4. The molecule has 0 radical (unpaired) electrons. The van der Waals surface area contributed by atoms with Crippen molar-refractivity contribution in [1.29, 1.82) is 0 Å². The summed E-state index contributed by atoms with van der Waals surface area (Å²) in [5.41, 5.74) is 0. The van der Waals surface area contributed by atoms with Crippen LogP contribution in [0.2, 0.25) is 5.15 Å². The van der Waals surface area contributed by atoms with Crippen molar-refractivity contribution in [2.24, 2.45) is 0 Å². The van der Waals surface area contributed by atoms with Gasteiger partial charge in [0.25, 0.3) is 0 Å². The van der Waals surface area contributed by atoms with Gasteiger partial charge in [-0.3, -0.25) is 4.90 Å². The van der Waals surface area contributed by atoms with Crippen molar-refractivity contribution >= 4 is 11.6 Å². The van der Waals surface area contributed by atoms with Crippen molar-refractivity contribution in [1.82, 2.24) is 14.9 Å². The average molecular weight is 184 g/mol. The molecule has 0 aromatic carbocycles. The van der Waals surface area contributed by atoms with Crippen LogP contribution in [-0.4, -0.2) is 28.0 Å². The molecular weight excluding hydrogens is 174 g/mol. The van der Waals surface area contributed by atoms with E-state index in [4.69, 9.17) is 11.6 Å². The van der Waals surface area contributed by atoms with Crippen molar-refractivity contribution in [3.05, 3.63) is 23.2 Å². The Morgan fingerprint density at radius 3 is 2.92 bits per heavy atom. The largest absolute Gasteiger partial charge is 0.296 e. The van der Waals surface area contributed by atoms with Gasteiger partial charge in [-0.05, 0) is 25.6 Å². The highest BCUT2D eigenvalue weighted by atomic mass is 35.5. The molecule has 1 saturated heterocycles. The maximum atomic E-state index is 5.72. The summed E-state index contributed by atoms with van der Waals surface area (Å²) in [5, 5.41) is 0.528. The molecule has 0 saturated carbocycles. The molecule has 12 heavy (non-hydrogen) atoms. The highest BCUT2D eigenvalue weighted by molar-refractivity contribution is 6.29. The zero-order valence-corrected chi connectivity index (χ0v) is 7.46. The molecule has 4 heteroatoms. The van der Waals surface area contributed by atoms with Crippen molar-refractivity contribution in [2.75, 3.05) is 13.1 Å². The van der Waals surface area contributed by atoms with E-state index in [0.29, 0.717) is 5.15 Å². The molecule has 1 aromatic rings. The van der Waals surface area contributed by atoms with Gasteiger partial charge in [-0.25, -0.2) is 9.97 Å². The van der Waals surface area contributed by atoms with Crippen molar-refractivity contribution < 1.29 is 0 Å². The first-order valence-electron chi connectivity index (χ1n) is 4.04. The summed E-state index contributed by atoms with van der Waals surface area (Å²) in [6, 6.07) is 1.70. The Balaban J connectivity index is 2.02. The van der Waals surface area contributed by atoms with Gasteiger partial charge in [0.15, 0.2) is 0 Å². The molecule has 1 fully saturated rings. The van der Waals surface area contributed by atoms with Crippen LogP contribution < -0.4 is 0 Å². The van der Waals surface area contributed by atoms with E-state index in [1.165, 1.54) is 6.42 Å². The Morgan fingerprint density at radius 1 is 1.50 bits per heavy atom. The third-order valence-corrected chi connectivity index (χ3v) is 2.20. The highest BCUT2D eigenvalue weighted by Crippen LogP contribution is 2.10. The fourth-order valence-electron chi connectivity index (χ4n) is 1.19. The Hall–Kier alpha value is -0.670. The molecule has 0 atom stereocenters. The molecule has 0 unspecified atom stereocenters. The zero-order chi connectivity index (χ0) is 8.39. The van der Waals surface area contributed by atoms with Crippen LogP contribution in [-0.2, 0) is 6.54 Å². The number of aromatic nitrogens is 2. The van der Waals surface area contributed by atoms with E-state index >= 15 is 0 Å². The Bertz CT molecular complexity index is 273. The third-order valence-electron chi connectivity index (χ3n) is 1.99. The molecule has 0 bridgehead atoms. The summed E-state index contributed by atoms with van der Waals surface area (Å²) in [6.07, 6.45) is 2.99. The van der Waals surface area contributed by atoms with Gasteiger partial charge in [-0.15, -0.1) is 0 Å². The Kier molecular flexibility index (Phi) is 2.23. The van der Waals surface area contributed by atoms with Crippen LogP contribution in [0.1, 0.15) is 12.2 Å². The fourth-order valence-corrected chi connectivity index (χ4v) is 1.34. The smallest absolute Gasteiger partial charge is 0.143 e. The van der Waals surface area contributed by atoms with Crippen LogP contribution in [0, 0.1) is 0 Å². The summed E-state index contributed by atoms with van der Waals surface area (Å²) in [7, 11) is 0. The third kappa shape index (κ3) is 1.73. The summed E-state index contributed by atoms with van der Waals surface area (Å²) < 4.78 is 0. The molecule has 0 amide bonds. The van der Waals surface area contributed by atoms with E-state index < -0.39 is 0 Å². The second kappa shape index (κ2) is 3.37. The van der Waals surface area contributed by atoms with Crippen LogP contribution in [0.4, 0.5) is 0 Å². The highest BCUT2D eigenvalue weighted by Gasteiger charge is 2.14. The minimum Gasteiger partial charge on any atom is -0.296 e. The SMILES string of the molecule is Clc1ccnc(CN2CCC2)n1. The molecule has 1 aliphatic rings. The van der Waals surface area contributed by atoms with Crippen LogP contribution in [0.3, 0.4) is 0 Å². The molecule has 0 N–H and O–H groups in total. The van der Waals surface area contributed by atoms with Crippen LogP contribution >= 0.6 is 11.6 Å². The van der Waals surface area contributed by atoms with Gasteiger partial charge in [0.1, 0.15) is 11.0 Å². The maximum Gasteiger partial charge on any atom is 0.143 e. The van der Waals surface area contributed by atoms with Crippen molar-refractivity contribution in [3.8, 4) is 0 Å². The molecule has 0 spiro atoms. The Labute approximate surface area is 76.4 Å². The number of rotatable bonds is 2. The lowest BCUT2D eigenvalue weighted by atomic mass is 10.2. The van der Waals surface area contributed by atoms with E-state index in [1.807, 2.05) is 0 Å². The number of likely N-dealkylation sites (tertiary alicyclic amines) is 1. The number of hydrogen-bond acceptors (Lipinski definition) is 3.